The molecule has 1 fully saturated rings. The third-order valence-electron chi connectivity index (χ3n) is 3.58. The zero-order valence-electron chi connectivity index (χ0n) is 10.6. The highest BCUT2D eigenvalue weighted by Gasteiger charge is 2.37. The zero-order valence-corrected chi connectivity index (χ0v) is 10.6. The molecule has 0 saturated carbocycles. The van der Waals surface area contributed by atoms with Crippen LogP contribution in [0.25, 0.3) is 0 Å². The van der Waals surface area contributed by atoms with Crippen LogP contribution in [-0.2, 0) is 9.53 Å². The van der Waals surface area contributed by atoms with E-state index in [4.69, 9.17) is 4.74 Å². The zero-order chi connectivity index (χ0) is 12.0. The molecule has 0 aliphatic carbocycles. The van der Waals surface area contributed by atoms with Crippen LogP contribution in [-0.4, -0.2) is 38.8 Å². The van der Waals surface area contributed by atoms with Gasteiger partial charge in [-0.15, -0.1) is 0 Å². The fourth-order valence-electron chi connectivity index (χ4n) is 2.13. The number of carbonyl (C=O) groups excluding carboxylic acids is 1. The van der Waals surface area contributed by atoms with E-state index in [9.17, 15) is 4.79 Å². The van der Waals surface area contributed by atoms with Crippen LogP contribution >= 0.6 is 0 Å². The Kier molecular flexibility index (Phi) is 5.22. The molecule has 4 nitrogen and oxygen atoms in total. The average molecular weight is 228 g/mol. The first kappa shape index (κ1) is 13.5. The predicted octanol–water partition coefficient (Wildman–Crippen LogP) is 0.917. The molecule has 2 N–H and O–H groups in total. The second kappa shape index (κ2) is 6.21. The van der Waals surface area contributed by atoms with Crippen LogP contribution in [0.15, 0.2) is 0 Å². The van der Waals surface area contributed by atoms with Gasteiger partial charge in [-0.1, -0.05) is 6.92 Å². The van der Waals surface area contributed by atoms with Gasteiger partial charge in [0, 0.05) is 20.2 Å². The number of nitrogens with one attached hydrogen (secondary N) is 2. The van der Waals surface area contributed by atoms with E-state index in [0.717, 1.165) is 32.4 Å². The number of piperidine rings is 1. The van der Waals surface area contributed by atoms with Gasteiger partial charge in [-0.25, -0.2) is 0 Å². The van der Waals surface area contributed by atoms with Gasteiger partial charge >= 0.3 is 0 Å². The summed E-state index contributed by atoms with van der Waals surface area (Å²) in [6.07, 6.45) is 3.05. The van der Waals surface area contributed by atoms with Crippen LogP contribution in [0.4, 0.5) is 0 Å². The number of ether oxygens (including phenoxy) is 1. The van der Waals surface area contributed by atoms with Gasteiger partial charge in [-0.2, -0.15) is 0 Å². The first-order valence-electron chi connectivity index (χ1n) is 6.16. The van der Waals surface area contributed by atoms with Crippen molar-refractivity contribution < 1.29 is 9.53 Å². The lowest BCUT2D eigenvalue weighted by Crippen LogP contribution is -2.51. The molecule has 0 radical (unpaired) electrons. The number of hydrogen-bond acceptors (Lipinski definition) is 3. The lowest BCUT2D eigenvalue weighted by Gasteiger charge is -2.35. The van der Waals surface area contributed by atoms with Crippen molar-refractivity contribution in [2.75, 3.05) is 26.7 Å². The summed E-state index contributed by atoms with van der Waals surface area (Å²) in [6.45, 7) is 6.47. The monoisotopic (exact) mass is 228 g/mol. The van der Waals surface area contributed by atoms with Gasteiger partial charge in [0.05, 0.1) is 11.5 Å². The van der Waals surface area contributed by atoms with Gasteiger partial charge in [0.15, 0.2) is 0 Å². The van der Waals surface area contributed by atoms with Crippen molar-refractivity contribution in [2.24, 2.45) is 5.41 Å². The van der Waals surface area contributed by atoms with E-state index in [1.807, 2.05) is 6.92 Å². The number of amides is 1. The Morgan fingerprint density at radius 3 is 2.88 bits per heavy atom. The Morgan fingerprint density at radius 1 is 1.62 bits per heavy atom. The van der Waals surface area contributed by atoms with E-state index >= 15 is 0 Å². The smallest absolute Gasteiger partial charge is 0.227 e. The first-order valence-corrected chi connectivity index (χ1v) is 6.16. The molecule has 16 heavy (non-hydrogen) atoms. The molecule has 1 amide bonds. The maximum absolute atomic E-state index is 12.2. The molecule has 0 aromatic rings. The highest BCUT2D eigenvalue weighted by molar-refractivity contribution is 5.83. The highest BCUT2D eigenvalue weighted by atomic mass is 16.5. The van der Waals surface area contributed by atoms with Crippen LogP contribution in [0.5, 0.6) is 0 Å². The minimum absolute atomic E-state index is 0.0782. The van der Waals surface area contributed by atoms with Gasteiger partial charge in [0.1, 0.15) is 0 Å². The molecule has 0 spiro atoms. The van der Waals surface area contributed by atoms with Crippen molar-refractivity contribution >= 4 is 5.91 Å². The molecule has 0 aromatic carbocycles. The third-order valence-corrected chi connectivity index (χ3v) is 3.58. The lowest BCUT2D eigenvalue weighted by molar-refractivity contribution is -0.132. The average Bonchev–Trinajstić information content (AvgIpc) is 2.36. The summed E-state index contributed by atoms with van der Waals surface area (Å²) in [6, 6.07) is 0. The molecular weight excluding hydrogens is 204 g/mol. The summed E-state index contributed by atoms with van der Waals surface area (Å²) >= 11 is 0. The Labute approximate surface area is 98.1 Å². The van der Waals surface area contributed by atoms with Crippen molar-refractivity contribution in [3.8, 4) is 0 Å². The largest absolute Gasteiger partial charge is 0.380 e. The van der Waals surface area contributed by atoms with Crippen molar-refractivity contribution in [3.63, 3.8) is 0 Å². The second-order valence-electron chi connectivity index (χ2n) is 4.67. The van der Waals surface area contributed by atoms with E-state index in [1.54, 1.807) is 7.11 Å². The SMILES string of the molecule is CCC1(C(=O)NCC(C)OC)CCCNC1. The first-order chi connectivity index (χ1) is 7.64. The van der Waals surface area contributed by atoms with Crippen LogP contribution in [0.3, 0.4) is 0 Å². The third kappa shape index (κ3) is 3.19. The van der Waals surface area contributed by atoms with Gasteiger partial charge < -0.3 is 15.4 Å². The normalized spacial score (nSPS) is 27.4. The van der Waals surface area contributed by atoms with Crippen molar-refractivity contribution in [1.29, 1.82) is 0 Å². The molecule has 4 heteroatoms. The quantitative estimate of drug-likeness (QED) is 0.735. The number of carbonyl (C=O) groups is 1. The Morgan fingerprint density at radius 2 is 2.38 bits per heavy atom. The van der Waals surface area contributed by atoms with Crippen molar-refractivity contribution in [3.05, 3.63) is 0 Å². The van der Waals surface area contributed by atoms with E-state index in [0.29, 0.717) is 6.54 Å². The molecule has 2 unspecified atom stereocenters. The van der Waals surface area contributed by atoms with Crippen LogP contribution in [0.2, 0.25) is 0 Å². The highest BCUT2D eigenvalue weighted by Crippen LogP contribution is 2.30. The Bertz CT molecular complexity index is 225. The summed E-state index contributed by atoms with van der Waals surface area (Å²) in [4.78, 5) is 12.2. The summed E-state index contributed by atoms with van der Waals surface area (Å²) in [5.74, 6) is 0.172. The maximum Gasteiger partial charge on any atom is 0.227 e. The molecule has 1 heterocycles. The molecule has 1 aliphatic heterocycles. The molecule has 1 saturated heterocycles. The fraction of sp³-hybridized carbons (Fsp3) is 0.917. The minimum Gasteiger partial charge on any atom is -0.380 e. The van der Waals surface area contributed by atoms with Gasteiger partial charge in [-0.3, -0.25) is 4.79 Å². The van der Waals surface area contributed by atoms with Gasteiger partial charge in [0.2, 0.25) is 5.91 Å². The maximum atomic E-state index is 12.2. The van der Waals surface area contributed by atoms with Crippen LogP contribution in [0, 0.1) is 5.41 Å². The number of hydrogen-bond donors (Lipinski definition) is 2. The lowest BCUT2D eigenvalue weighted by atomic mass is 9.77. The molecule has 0 bridgehead atoms. The Hall–Kier alpha value is -0.610. The van der Waals surface area contributed by atoms with Crippen LogP contribution < -0.4 is 10.6 Å². The predicted molar refractivity (Wildman–Crippen MR) is 64.3 cm³/mol. The Balaban J connectivity index is 2.48. The van der Waals surface area contributed by atoms with E-state index in [1.165, 1.54) is 0 Å². The fourth-order valence-corrected chi connectivity index (χ4v) is 2.13. The van der Waals surface area contributed by atoms with Gasteiger partial charge in [0.25, 0.3) is 0 Å². The van der Waals surface area contributed by atoms with Crippen LogP contribution in [0.1, 0.15) is 33.1 Å². The molecule has 0 aromatic heterocycles. The summed E-state index contributed by atoms with van der Waals surface area (Å²) in [5, 5.41) is 6.31. The van der Waals surface area contributed by atoms with E-state index in [-0.39, 0.29) is 17.4 Å². The molecule has 94 valence electrons. The summed E-state index contributed by atoms with van der Waals surface area (Å²) < 4.78 is 5.12. The van der Waals surface area contributed by atoms with E-state index < -0.39 is 0 Å². The molecule has 1 rings (SSSR count). The van der Waals surface area contributed by atoms with Crippen molar-refractivity contribution in [2.45, 2.75) is 39.2 Å². The molecule has 2 atom stereocenters. The van der Waals surface area contributed by atoms with E-state index in [2.05, 4.69) is 17.6 Å². The number of methoxy groups -OCH3 is 1. The molecule has 1 aliphatic rings. The van der Waals surface area contributed by atoms with Gasteiger partial charge in [-0.05, 0) is 32.7 Å². The molecular formula is C12H24N2O2. The summed E-state index contributed by atoms with van der Waals surface area (Å²) in [7, 11) is 1.66. The second-order valence-corrected chi connectivity index (χ2v) is 4.67. The summed E-state index contributed by atoms with van der Waals surface area (Å²) in [5.41, 5.74) is -0.203. The topological polar surface area (TPSA) is 50.4 Å². The standard InChI is InChI=1S/C12H24N2O2/c1-4-12(6-5-7-13-9-12)11(15)14-8-10(2)16-3/h10,13H,4-9H2,1-3H3,(H,14,15). The number of rotatable bonds is 5. The van der Waals surface area contributed by atoms with Crippen molar-refractivity contribution in [1.82, 2.24) is 10.6 Å². The minimum atomic E-state index is -0.203.